The van der Waals surface area contributed by atoms with Crippen molar-refractivity contribution in [3.8, 4) is 5.75 Å². The Morgan fingerprint density at radius 3 is 2.42 bits per heavy atom. The van der Waals surface area contributed by atoms with Gasteiger partial charge in [-0.1, -0.05) is 42.5 Å². The van der Waals surface area contributed by atoms with Gasteiger partial charge in [0.2, 0.25) is 0 Å². The van der Waals surface area contributed by atoms with Crippen molar-refractivity contribution in [3.63, 3.8) is 0 Å². The molecular weight excluding hydrogens is 330 g/mol. The highest BCUT2D eigenvalue weighted by atomic mass is 16.7. The molecule has 5 atom stereocenters. The Hall–Kier alpha value is -1.92. The minimum Gasteiger partial charge on any atom is -0.497 e. The number of hydrogen-bond acceptors (Lipinski definition) is 5. The van der Waals surface area contributed by atoms with E-state index in [1.165, 1.54) is 0 Å². The van der Waals surface area contributed by atoms with Crippen molar-refractivity contribution in [1.29, 1.82) is 0 Å². The molecule has 0 N–H and O–H groups in total. The van der Waals surface area contributed by atoms with Crippen molar-refractivity contribution in [3.05, 3.63) is 65.7 Å². The molecule has 5 heteroatoms. The largest absolute Gasteiger partial charge is 0.497 e. The molecule has 0 aliphatic carbocycles. The van der Waals surface area contributed by atoms with Gasteiger partial charge in [0.05, 0.1) is 13.7 Å². The van der Waals surface area contributed by atoms with Gasteiger partial charge < -0.3 is 18.9 Å². The van der Waals surface area contributed by atoms with Crippen molar-refractivity contribution in [2.75, 3.05) is 13.7 Å². The first kappa shape index (κ1) is 16.3. The molecule has 0 unspecified atom stereocenters. The lowest BCUT2D eigenvalue weighted by Crippen LogP contribution is -2.40. The van der Waals surface area contributed by atoms with Crippen LogP contribution in [0.4, 0.5) is 0 Å². The summed E-state index contributed by atoms with van der Waals surface area (Å²) in [6, 6.07) is 18.3. The summed E-state index contributed by atoms with van der Waals surface area (Å²) in [5, 5.41) is 0. The van der Waals surface area contributed by atoms with Gasteiger partial charge in [-0.15, -0.1) is 0 Å². The Morgan fingerprint density at radius 2 is 1.65 bits per heavy atom. The van der Waals surface area contributed by atoms with E-state index >= 15 is 0 Å². The molecular formula is C21H23NO4. The van der Waals surface area contributed by atoms with Crippen LogP contribution in [0.2, 0.25) is 0 Å². The molecule has 5 rings (SSSR count). The average molecular weight is 353 g/mol. The quantitative estimate of drug-likeness (QED) is 0.847. The monoisotopic (exact) mass is 353 g/mol. The number of nitrogens with zero attached hydrogens (tertiary/aromatic N) is 1. The van der Waals surface area contributed by atoms with Gasteiger partial charge in [0.25, 0.3) is 0 Å². The molecule has 0 spiro atoms. The predicted molar refractivity (Wildman–Crippen MR) is 95.5 cm³/mol. The van der Waals surface area contributed by atoms with Crippen LogP contribution in [0.15, 0.2) is 54.6 Å². The molecule has 0 amide bonds. The summed E-state index contributed by atoms with van der Waals surface area (Å²) in [7, 11) is 1.68. The maximum atomic E-state index is 6.67. The molecule has 3 aliphatic heterocycles. The van der Waals surface area contributed by atoms with Crippen LogP contribution in [-0.4, -0.2) is 37.3 Å². The molecule has 26 heavy (non-hydrogen) atoms. The second-order valence-corrected chi connectivity index (χ2v) is 7.49. The lowest BCUT2D eigenvalue weighted by Gasteiger charge is -2.33. The Morgan fingerprint density at radius 1 is 0.923 bits per heavy atom. The first-order valence-corrected chi connectivity index (χ1v) is 9.01. The zero-order valence-electron chi connectivity index (χ0n) is 15.2. The Balaban J connectivity index is 1.57. The highest BCUT2D eigenvalue weighted by molar-refractivity contribution is 5.35. The van der Waals surface area contributed by atoms with E-state index in [4.69, 9.17) is 18.9 Å². The third kappa shape index (κ3) is 2.06. The molecule has 2 aromatic carbocycles. The zero-order chi connectivity index (χ0) is 17.9. The molecule has 2 aromatic rings. The highest BCUT2D eigenvalue weighted by Gasteiger charge is 2.68. The van der Waals surface area contributed by atoms with Crippen LogP contribution in [0.5, 0.6) is 5.75 Å². The summed E-state index contributed by atoms with van der Waals surface area (Å²) >= 11 is 0. The molecule has 3 saturated heterocycles. The van der Waals surface area contributed by atoms with Crippen LogP contribution in [0.3, 0.4) is 0 Å². The van der Waals surface area contributed by atoms with Crippen molar-refractivity contribution in [1.82, 2.24) is 4.90 Å². The minimum atomic E-state index is -0.590. The summed E-state index contributed by atoms with van der Waals surface area (Å²) in [6.45, 7) is 4.75. The zero-order valence-corrected chi connectivity index (χ0v) is 15.2. The lowest BCUT2D eigenvalue weighted by atomic mass is 9.94. The van der Waals surface area contributed by atoms with Crippen LogP contribution in [0, 0.1) is 0 Å². The van der Waals surface area contributed by atoms with Gasteiger partial charge in [-0.2, -0.15) is 0 Å². The summed E-state index contributed by atoms with van der Waals surface area (Å²) in [6.07, 6.45) is -0.489. The number of ether oxygens (including phenoxy) is 4. The predicted octanol–water partition coefficient (Wildman–Crippen LogP) is 3.20. The van der Waals surface area contributed by atoms with Crippen molar-refractivity contribution in [2.45, 2.75) is 43.7 Å². The molecule has 0 aromatic heterocycles. The smallest absolute Gasteiger partial charge is 0.149 e. The van der Waals surface area contributed by atoms with E-state index in [2.05, 4.69) is 36.9 Å². The fourth-order valence-corrected chi connectivity index (χ4v) is 4.52. The van der Waals surface area contributed by atoms with Crippen molar-refractivity contribution in [2.24, 2.45) is 0 Å². The molecule has 3 heterocycles. The molecule has 0 bridgehead atoms. The number of methoxy groups -OCH3 is 1. The third-order valence-corrected chi connectivity index (χ3v) is 5.94. The number of benzene rings is 2. The van der Waals surface area contributed by atoms with Gasteiger partial charge in [-0.25, -0.2) is 4.90 Å². The Kier molecular flexibility index (Phi) is 3.46. The van der Waals surface area contributed by atoms with E-state index in [1.54, 1.807) is 7.11 Å². The molecule has 0 saturated carbocycles. The summed E-state index contributed by atoms with van der Waals surface area (Å²) in [5.41, 5.74) is 1.04. The van der Waals surface area contributed by atoms with Gasteiger partial charge >= 0.3 is 0 Å². The van der Waals surface area contributed by atoms with E-state index in [-0.39, 0.29) is 18.7 Å². The number of rotatable bonds is 3. The maximum Gasteiger partial charge on any atom is 0.149 e. The highest BCUT2D eigenvalue weighted by Crippen LogP contribution is 2.55. The van der Waals surface area contributed by atoms with Crippen molar-refractivity contribution >= 4 is 0 Å². The van der Waals surface area contributed by atoms with Crippen LogP contribution < -0.4 is 4.74 Å². The fraction of sp³-hybridized carbons (Fsp3) is 0.429. The number of hydrogen-bond donors (Lipinski definition) is 0. The second-order valence-electron chi connectivity index (χ2n) is 7.49. The molecule has 5 nitrogen and oxygen atoms in total. The first-order valence-electron chi connectivity index (χ1n) is 9.01. The SMILES string of the molecule is COc1cccc([C@]2(C)O[C@H]3CO[C@@H]4N3[C@H]2O[C@]4(C)c2ccccc2)c1. The van der Waals surface area contributed by atoms with Crippen LogP contribution >= 0.6 is 0 Å². The topological polar surface area (TPSA) is 40.2 Å². The normalized spacial score (nSPS) is 38.5. The Bertz CT molecular complexity index is 828. The van der Waals surface area contributed by atoms with E-state index in [0.717, 1.165) is 16.9 Å². The van der Waals surface area contributed by atoms with Gasteiger partial charge in [0.15, 0.2) is 0 Å². The maximum absolute atomic E-state index is 6.67. The van der Waals surface area contributed by atoms with Crippen molar-refractivity contribution < 1.29 is 18.9 Å². The van der Waals surface area contributed by atoms with Gasteiger partial charge in [-0.05, 0) is 37.1 Å². The first-order chi connectivity index (χ1) is 12.6. The van der Waals surface area contributed by atoms with E-state index in [9.17, 15) is 0 Å². The summed E-state index contributed by atoms with van der Waals surface area (Å²) in [5.74, 6) is 0.816. The average Bonchev–Trinajstić information content (AvgIpc) is 3.31. The minimum absolute atomic E-state index is 0.105. The van der Waals surface area contributed by atoms with E-state index < -0.39 is 11.2 Å². The van der Waals surface area contributed by atoms with Crippen LogP contribution in [0.1, 0.15) is 25.0 Å². The Labute approximate surface area is 153 Å². The van der Waals surface area contributed by atoms with E-state index in [1.807, 2.05) is 36.4 Å². The summed E-state index contributed by atoms with van der Waals surface area (Å²) < 4.78 is 24.6. The third-order valence-electron chi connectivity index (χ3n) is 5.94. The second kappa shape index (κ2) is 5.54. The summed E-state index contributed by atoms with van der Waals surface area (Å²) in [4.78, 5) is 2.24. The van der Waals surface area contributed by atoms with Gasteiger partial charge in [0.1, 0.15) is 35.6 Å². The molecule has 3 aliphatic rings. The molecule has 0 radical (unpaired) electrons. The van der Waals surface area contributed by atoms with Gasteiger partial charge in [-0.3, -0.25) is 0 Å². The van der Waals surface area contributed by atoms with Crippen LogP contribution in [-0.2, 0) is 25.4 Å². The van der Waals surface area contributed by atoms with Crippen LogP contribution in [0.25, 0.3) is 0 Å². The van der Waals surface area contributed by atoms with E-state index in [0.29, 0.717) is 6.61 Å². The van der Waals surface area contributed by atoms with Gasteiger partial charge in [0, 0.05) is 0 Å². The molecule has 136 valence electrons. The fourth-order valence-electron chi connectivity index (χ4n) is 4.52. The lowest BCUT2D eigenvalue weighted by molar-refractivity contribution is -0.138. The standard InChI is InChI=1S/C21H23NO4/c1-20(14-8-5-4-6-9-14)18-22-17(13-24-18)25-21(2,19(22)26-20)15-10-7-11-16(12-15)23-3/h4-12,17-19H,13H2,1-3H3/t17-,18-,19-,20+,21-/m0/s1. The molecule has 3 fully saturated rings.